The van der Waals surface area contributed by atoms with E-state index in [-0.39, 0.29) is 11.4 Å². The average Bonchev–Trinajstić information content (AvgIpc) is 2.56. The molecule has 1 aliphatic heterocycles. The lowest BCUT2D eigenvalue weighted by Crippen LogP contribution is -2.32. The van der Waals surface area contributed by atoms with Crippen molar-refractivity contribution < 1.29 is 4.79 Å². The first kappa shape index (κ1) is 16.6. The first-order chi connectivity index (χ1) is 11.0. The second kappa shape index (κ2) is 7.47. The van der Waals surface area contributed by atoms with Crippen molar-refractivity contribution >= 4 is 17.2 Å². The van der Waals surface area contributed by atoms with Gasteiger partial charge in [-0.2, -0.15) is 10.5 Å². The summed E-state index contributed by atoms with van der Waals surface area (Å²) in [4.78, 5) is 14.2. The van der Waals surface area contributed by atoms with Crippen LogP contribution in [0.5, 0.6) is 0 Å². The van der Waals surface area contributed by atoms with Crippen LogP contribution in [0.25, 0.3) is 0 Å². The molecule has 5 nitrogen and oxygen atoms in total. The third kappa shape index (κ3) is 4.11. The van der Waals surface area contributed by atoms with E-state index >= 15 is 0 Å². The Kier molecular flexibility index (Phi) is 5.38. The van der Waals surface area contributed by atoms with Gasteiger partial charge in [0.2, 0.25) is 0 Å². The van der Waals surface area contributed by atoms with Crippen LogP contribution in [-0.4, -0.2) is 18.9 Å². The number of carbonyl (C=O) groups excluding carboxylic acids is 1. The van der Waals surface area contributed by atoms with Crippen molar-refractivity contribution in [2.75, 3.05) is 23.3 Å². The minimum Gasteiger partial charge on any atom is -0.371 e. The van der Waals surface area contributed by atoms with Crippen LogP contribution in [0.15, 0.2) is 30.0 Å². The maximum atomic E-state index is 11.9. The Morgan fingerprint density at radius 1 is 1.30 bits per heavy atom. The molecule has 1 heterocycles. The van der Waals surface area contributed by atoms with Gasteiger partial charge in [-0.1, -0.05) is 6.92 Å². The first-order valence-corrected chi connectivity index (χ1v) is 7.72. The van der Waals surface area contributed by atoms with Gasteiger partial charge in [0.15, 0.2) is 5.78 Å². The van der Waals surface area contributed by atoms with Gasteiger partial charge < -0.3 is 10.2 Å². The van der Waals surface area contributed by atoms with Gasteiger partial charge in [-0.3, -0.25) is 4.79 Å². The van der Waals surface area contributed by atoms with Crippen LogP contribution in [0.1, 0.15) is 37.0 Å². The van der Waals surface area contributed by atoms with Gasteiger partial charge in [0, 0.05) is 36.2 Å². The molecule has 1 aliphatic rings. The van der Waals surface area contributed by atoms with Crippen LogP contribution in [0.3, 0.4) is 0 Å². The lowest BCUT2D eigenvalue weighted by Gasteiger charge is -2.32. The van der Waals surface area contributed by atoms with E-state index < -0.39 is 0 Å². The molecule has 1 N–H and O–H groups in total. The summed E-state index contributed by atoms with van der Waals surface area (Å²) in [6, 6.07) is 9.24. The van der Waals surface area contributed by atoms with E-state index in [0.29, 0.717) is 11.3 Å². The Morgan fingerprint density at radius 3 is 2.52 bits per heavy atom. The van der Waals surface area contributed by atoms with E-state index in [2.05, 4.69) is 17.1 Å². The fourth-order valence-corrected chi connectivity index (χ4v) is 2.65. The van der Waals surface area contributed by atoms with Crippen molar-refractivity contribution in [3.63, 3.8) is 0 Å². The van der Waals surface area contributed by atoms with E-state index in [0.717, 1.165) is 37.5 Å². The van der Waals surface area contributed by atoms with Gasteiger partial charge >= 0.3 is 0 Å². The van der Waals surface area contributed by atoms with E-state index in [1.54, 1.807) is 12.1 Å². The standard InChI is InChI=1S/C18H20N4O/c1-13-5-7-22(8-6-13)16-3-4-18(17(9-16)14(2)23)21-12-15(10-19)11-20/h3-4,9,12-13,21H,5-8H2,1-2H3. The predicted molar refractivity (Wildman–Crippen MR) is 90.0 cm³/mol. The molecule has 1 aromatic rings. The quantitative estimate of drug-likeness (QED) is 0.680. The van der Waals surface area contributed by atoms with Crippen molar-refractivity contribution in [2.24, 2.45) is 5.92 Å². The molecule has 1 aromatic carbocycles. The molecule has 0 unspecified atom stereocenters. The number of benzene rings is 1. The summed E-state index contributed by atoms with van der Waals surface area (Å²) < 4.78 is 0. The average molecular weight is 308 g/mol. The highest BCUT2D eigenvalue weighted by Crippen LogP contribution is 2.27. The molecule has 23 heavy (non-hydrogen) atoms. The van der Waals surface area contributed by atoms with Gasteiger partial charge in [-0.25, -0.2) is 0 Å². The summed E-state index contributed by atoms with van der Waals surface area (Å²) in [5.74, 6) is 0.698. The molecular weight excluding hydrogens is 288 g/mol. The summed E-state index contributed by atoms with van der Waals surface area (Å²) in [7, 11) is 0. The number of anilines is 2. The van der Waals surface area contributed by atoms with E-state index in [9.17, 15) is 4.79 Å². The smallest absolute Gasteiger partial charge is 0.161 e. The number of nitriles is 2. The summed E-state index contributed by atoms with van der Waals surface area (Å²) in [6.45, 7) is 5.78. The van der Waals surface area contributed by atoms with Gasteiger partial charge in [0.25, 0.3) is 0 Å². The van der Waals surface area contributed by atoms with Gasteiger partial charge in [-0.15, -0.1) is 0 Å². The number of carbonyl (C=O) groups is 1. The largest absolute Gasteiger partial charge is 0.371 e. The molecule has 2 rings (SSSR count). The van der Waals surface area contributed by atoms with Gasteiger partial charge in [0.05, 0.1) is 0 Å². The molecule has 0 aromatic heterocycles. The predicted octanol–water partition coefficient (Wildman–Crippen LogP) is 3.47. The van der Waals surface area contributed by atoms with Crippen LogP contribution in [-0.2, 0) is 0 Å². The SMILES string of the molecule is CC(=O)c1cc(N2CCC(C)CC2)ccc1NC=C(C#N)C#N. The second-order valence-electron chi connectivity index (χ2n) is 5.88. The number of piperidine rings is 1. The monoisotopic (exact) mass is 308 g/mol. The molecule has 0 amide bonds. The van der Waals surface area contributed by atoms with E-state index in [1.165, 1.54) is 13.1 Å². The molecule has 0 bridgehead atoms. The Balaban J connectivity index is 2.25. The number of allylic oxidation sites excluding steroid dienone is 1. The van der Waals surface area contributed by atoms with E-state index in [1.807, 2.05) is 18.2 Å². The van der Waals surface area contributed by atoms with Crippen LogP contribution < -0.4 is 10.2 Å². The second-order valence-corrected chi connectivity index (χ2v) is 5.88. The lowest BCUT2D eigenvalue weighted by molar-refractivity contribution is 0.101. The maximum absolute atomic E-state index is 11.9. The fraction of sp³-hybridized carbons (Fsp3) is 0.389. The first-order valence-electron chi connectivity index (χ1n) is 7.72. The maximum Gasteiger partial charge on any atom is 0.161 e. The van der Waals surface area contributed by atoms with Crippen molar-refractivity contribution in [3.05, 3.63) is 35.5 Å². The highest BCUT2D eigenvalue weighted by molar-refractivity contribution is 6.00. The highest BCUT2D eigenvalue weighted by atomic mass is 16.1. The summed E-state index contributed by atoms with van der Waals surface area (Å²) >= 11 is 0. The Hall–Kier alpha value is -2.79. The summed E-state index contributed by atoms with van der Waals surface area (Å²) in [5, 5.41) is 20.4. The number of Topliss-reactive ketones (excluding diaryl/α,β-unsaturated/α-hetero) is 1. The van der Waals surface area contributed by atoms with Crippen molar-refractivity contribution in [1.29, 1.82) is 10.5 Å². The van der Waals surface area contributed by atoms with Crippen molar-refractivity contribution in [2.45, 2.75) is 26.7 Å². The van der Waals surface area contributed by atoms with Crippen LogP contribution in [0.4, 0.5) is 11.4 Å². The third-order valence-corrected chi connectivity index (χ3v) is 4.14. The molecule has 1 saturated heterocycles. The van der Waals surface area contributed by atoms with Crippen molar-refractivity contribution in [3.8, 4) is 12.1 Å². The lowest BCUT2D eigenvalue weighted by atomic mass is 9.98. The number of hydrogen-bond donors (Lipinski definition) is 1. The minimum atomic E-state index is -0.0522. The molecular formula is C18H20N4O. The van der Waals surface area contributed by atoms with Crippen LogP contribution in [0.2, 0.25) is 0 Å². The minimum absolute atomic E-state index is 0.0337. The summed E-state index contributed by atoms with van der Waals surface area (Å²) in [5.41, 5.74) is 2.17. The molecule has 0 aliphatic carbocycles. The number of nitrogens with zero attached hydrogens (tertiary/aromatic N) is 3. The number of hydrogen-bond acceptors (Lipinski definition) is 5. The third-order valence-electron chi connectivity index (χ3n) is 4.14. The Morgan fingerprint density at radius 2 is 1.96 bits per heavy atom. The molecule has 5 heteroatoms. The molecule has 0 saturated carbocycles. The number of ketones is 1. The normalized spacial score (nSPS) is 14.5. The van der Waals surface area contributed by atoms with Crippen LogP contribution >= 0.6 is 0 Å². The fourth-order valence-electron chi connectivity index (χ4n) is 2.65. The molecule has 0 atom stereocenters. The van der Waals surface area contributed by atoms with E-state index in [4.69, 9.17) is 10.5 Å². The molecule has 1 fully saturated rings. The zero-order valence-electron chi connectivity index (χ0n) is 13.5. The Labute approximate surface area is 136 Å². The Bertz CT molecular complexity index is 685. The zero-order chi connectivity index (χ0) is 16.8. The topological polar surface area (TPSA) is 79.9 Å². The summed E-state index contributed by atoms with van der Waals surface area (Å²) in [6.07, 6.45) is 3.64. The number of rotatable bonds is 4. The molecule has 0 spiro atoms. The van der Waals surface area contributed by atoms with Gasteiger partial charge in [0.1, 0.15) is 17.7 Å². The zero-order valence-corrected chi connectivity index (χ0v) is 13.5. The number of nitrogens with one attached hydrogen (secondary N) is 1. The highest BCUT2D eigenvalue weighted by Gasteiger charge is 2.17. The van der Waals surface area contributed by atoms with Crippen LogP contribution in [0, 0.1) is 28.6 Å². The van der Waals surface area contributed by atoms with Gasteiger partial charge in [-0.05, 0) is 43.9 Å². The van der Waals surface area contributed by atoms with Crippen molar-refractivity contribution in [1.82, 2.24) is 0 Å². The molecule has 0 radical (unpaired) electrons. The molecule has 118 valence electrons.